The first-order chi connectivity index (χ1) is 10.1. The second-order valence-electron chi connectivity index (χ2n) is 5.02. The van der Waals surface area contributed by atoms with Gasteiger partial charge < -0.3 is 20.3 Å². The van der Waals surface area contributed by atoms with Gasteiger partial charge in [-0.3, -0.25) is 0 Å². The average molecular weight is 287 g/mol. The molecule has 0 spiro atoms. The summed E-state index contributed by atoms with van der Waals surface area (Å²) in [7, 11) is 0. The molecule has 2 aromatic carbocycles. The Kier molecular flexibility index (Phi) is 4.93. The molecule has 2 rings (SSSR count). The summed E-state index contributed by atoms with van der Waals surface area (Å²) in [6, 6.07) is 10.8. The Morgan fingerprint density at radius 1 is 1.05 bits per heavy atom. The van der Waals surface area contributed by atoms with Crippen molar-refractivity contribution in [3.63, 3.8) is 0 Å². The third-order valence-electron chi connectivity index (χ3n) is 3.12. The Balaban J connectivity index is 2.09. The zero-order valence-electron chi connectivity index (χ0n) is 12.4. The maximum absolute atomic E-state index is 9.50. The molecule has 0 fully saturated rings. The molecule has 0 unspecified atom stereocenters. The Labute approximate surface area is 125 Å². The number of anilines is 1. The largest absolute Gasteiger partial charge is 0.504 e. The van der Waals surface area contributed by atoms with E-state index in [4.69, 9.17) is 4.74 Å². The lowest BCUT2D eigenvalue weighted by molar-refractivity contribution is 0.318. The van der Waals surface area contributed by atoms with Crippen molar-refractivity contribution < 1.29 is 14.9 Å². The van der Waals surface area contributed by atoms with Gasteiger partial charge in [0.2, 0.25) is 0 Å². The SMILES string of the molecule is CCCOc1cc(C)ccc1NCc1ccc(O)c(O)c1. The molecule has 0 aliphatic carbocycles. The fourth-order valence-electron chi connectivity index (χ4n) is 1.98. The molecule has 0 saturated carbocycles. The van der Waals surface area contributed by atoms with E-state index in [0.717, 1.165) is 29.0 Å². The number of rotatable bonds is 6. The summed E-state index contributed by atoms with van der Waals surface area (Å²) in [5.41, 5.74) is 2.95. The molecule has 0 saturated heterocycles. The third-order valence-corrected chi connectivity index (χ3v) is 3.12. The first kappa shape index (κ1) is 15.0. The normalized spacial score (nSPS) is 10.4. The van der Waals surface area contributed by atoms with Crippen molar-refractivity contribution in [2.45, 2.75) is 26.8 Å². The lowest BCUT2D eigenvalue weighted by Crippen LogP contribution is -2.03. The van der Waals surface area contributed by atoms with Gasteiger partial charge in [0.15, 0.2) is 11.5 Å². The van der Waals surface area contributed by atoms with E-state index in [1.165, 1.54) is 6.07 Å². The van der Waals surface area contributed by atoms with Crippen LogP contribution >= 0.6 is 0 Å². The minimum absolute atomic E-state index is 0.110. The molecule has 0 atom stereocenters. The second-order valence-corrected chi connectivity index (χ2v) is 5.02. The summed E-state index contributed by atoms with van der Waals surface area (Å²) in [5, 5.41) is 22.1. The Morgan fingerprint density at radius 3 is 2.57 bits per heavy atom. The molecule has 0 aliphatic heterocycles. The van der Waals surface area contributed by atoms with Gasteiger partial charge in [-0.2, -0.15) is 0 Å². The minimum atomic E-state index is -0.110. The standard InChI is InChI=1S/C17H21NO3/c1-3-8-21-17-9-12(2)4-6-14(17)18-11-13-5-7-15(19)16(20)10-13/h4-7,9-10,18-20H,3,8,11H2,1-2H3. The van der Waals surface area contributed by atoms with E-state index in [1.807, 2.05) is 25.1 Å². The molecular weight excluding hydrogens is 266 g/mol. The van der Waals surface area contributed by atoms with Crippen molar-refractivity contribution in [2.75, 3.05) is 11.9 Å². The highest BCUT2D eigenvalue weighted by atomic mass is 16.5. The van der Waals surface area contributed by atoms with Gasteiger partial charge in [0, 0.05) is 6.54 Å². The van der Waals surface area contributed by atoms with Gasteiger partial charge in [0.25, 0.3) is 0 Å². The Morgan fingerprint density at radius 2 is 1.86 bits per heavy atom. The maximum atomic E-state index is 9.50. The van der Waals surface area contributed by atoms with Crippen LogP contribution < -0.4 is 10.1 Å². The molecule has 3 N–H and O–H groups in total. The van der Waals surface area contributed by atoms with Crippen LogP contribution in [0, 0.1) is 6.92 Å². The van der Waals surface area contributed by atoms with E-state index in [0.29, 0.717) is 13.2 Å². The summed E-state index contributed by atoms with van der Waals surface area (Å²) >= 11 is 0. The number of hydrogen-bond acceptors (Lipinski definition) is 4. The highest BCUT2D eigenvalue weighted by Crippen LogP contribution is 2.28. The fourth-order valence-corrected chi connectivity index (χ4v) is 1.98. The van der Waals surface area contributed by atoms with Crippen molar-refractivity contribution in [1.29, 1.82) is 0 Å². The Hall–Kier alpha value is -2.36. The molecule has 0 radical (unpaired) electrons. The quantitative estimate of drug-likeness (QED) is 0.707. The number of phenols is 2. The summed E-state index contributed by atoms with van der Waals surface area (Å²) in [6.45, 7) is 5.32. The topological polar surface area (TPSA) is 61.7 Å². The van der Waals surface area contributed by atoms with Crippen LogP contribution in [0.5, 0.6) is 17.2 Å². The van der Waals surface area contributed by atoms with Crippen molar-refractivity contribution in [1.82, 2.24) is 0 Å². The lowest BCUT2D eigenvalue weighted by atomic mass is 10.1. The number of nitrogens with one attached hydrogen (secondary N) is 1. The summed E-state index contributed by atoms with van der Waals surface area (Å²) in [6.07, 6.45) is 0.958. The smallest absolute Gasteiger partial charge is 0.157 e. The van der Waals surface area contributed by atoms with Crippen LogP contribution in [0.2, 0.25) is 0 Å². The molecular formula is C17H21NO3. The van der Waals surface area contributed by atoms with Gasteiger partial charge in [-0.05, 0) is 48.7 Å². The van der Waals surface area contributed by atoms with Gasteiger partial charge in [0.05, 0.1) is 12.3 Å². The molecule has 4 heteroatoms. The number of aryl methyl sites for hydroxylation is 1. The summed E-state index contributed by atoms with van der Waals surface area (Å²) in [5.74, 6) is 0.613. The van der Waals surface area contributed by atoms with Crippen LogP contribution in [0.25, 0.3) is 0 Å². The summed E-state index contributed by atoms with van der Waals surface area (Å²) < 4.78 is 5.75. The van der Waals surface area contributed by atoms with Gasteiger partial charge in [-0.25, -0.2) is 0 Å². The third kappa shape index (κ3) is 4.05. The number of benzene rings is 2. The molecule has 21 heavy (non-hydrogen) atoms. The Bertz CT molecular complexity index is 611. The van der Waals surface area contributed by atoms with E-state index in [9.17, 15) is 10.2 Å². The number of hydrogen-bond donors (Lipinski definition) is 3. The van der Waals surface area contributed by atoms with Crippen molar-refractivity contribution in [2.24, 2.45) is 0 Å². The van der Waals surface area contributed by atoms with E-state index < -0.39 is 0 Å². The van der Waals surface area contributed by atoms with Gasteiger partial charge in [0.1, 0.15) is 5.75 Å². The second kappa shape index (κ2) is 6.88. The van der Waals surface area contributed by atoms with Crippen molar-refractivity contribution in [3.05, 3.63) is 47.5 Å². The van der Waals surface area contributed by atoms with Gasteiger partial charge in [-0.15, -0.1) is 0 Å². The molecule has 0 heterocycles. The molecule has 0 amide bonds. The van der Waals surface area contributed by atoms with E-state index >= 15 is 0 Å². The lowest BCUT2D eigenvalue weighted by Gasteiger charge is -2.14. The molecule has 112 valence electrons. The van der Waals surface area contributed by atoms with E-state index in [1.54, 1.807) is 12.1 Å². The predicted octanol–water partition coefficient (Wildman–Crippen LogP) is 3.81. The highest BCUT2D eigenvalue weighted by Gasteiger charge is 2.05. The van der Waals surface area contributed by atoms with Gasteiger partial charge >= 0.3 is 0 Å². The van der Waals surface area contributed by atoms with Crippen LogP contribution in [0.3, 0.4) is 0 Å². The maximum Gasteiger partial charge on any atom is 0.157 e. The van der Waals surface area contributed by atoms with E-state index in [-0.39, 0.29) is 11.5 Å². The van der Waals surface area contributed by atoms with Crippen LogP contribution in [0.15, 0.2) is 36.4 Å². The summed E-state index contributed by atoms with van der Waals surface area (Å²) in [4.78, 5) is 0. The van der Waals surface area contributed by atoms with Crippen molar-refractivity contribution in [3.8, 4) is 17.2 Å². The van der Waals surface area contributed by atoms with Gasteiger partial charge in [-0.1, -0.05) is 19.1 Å². The molecule has 4 nitrogen and oxygen atoms in total. The van der Waals surface area contributed by atoms with Crippen LogP contribution in [-0.4, -0.2) is 16.8 Å². The zero-order chi connectivity index (χ0) is 15.2. The first-order valence-corrected chi connectivity index (χ1v) is 7.08. The predicted molar refractivity (Wildman–Crippen MR) is 84.1 cm³/mol. The molecule has 0 aliphatic rings. The van der Waals surface area contributed by atoms with Crippen LogP contribution in [-0.2, 0) is 6.54 Å². The number of aromatic hydroxyl groups is 2. The molecule has 0 aromatic heterocycles. The highest BCUT2D eigenvalue weighted by molar-refractivity contribution is 5.58. The molecule has 0 bridgehead atoms. The minimum Gasteiger partial charge on any atom is -0.504 e. The number of phenolic OH excluding ortho intramolecular Hbond substituents is 2. The fraction of sp³-hybridized carbons (Fsp3) is 0.294. The zero-order valence-corrected chi connectivity index (χ0v) is 12.4. The monoisotopic (exact) mass is 287 g/mol. The number of ether oxygens (including phenoxy) is 1. The average Bonchev–Trinajstić information content (AvgIpc) is 2.47. The van der Waals surface area contributed by atoms with E-state index in [2.05, 4.69) is 12.2 Å². The van der Waals surface area contributed by atoms with Crippen LogP contribution in [0.1, 0.15) is 24.5 Å². The van der Waals surface area contributed by atoms with Crippen LogP contribution in [0.4, 0.5) is 5.69 Å². The van der Waals surface area contributed by atoms with Crippen molar-refractivity contribution >= 4 is 5.69 Å². The first-order valence-electron chi connectivity index (χ1n) is 7.08. The molecule has 2 aromatic rings.